The van der Waals surface area contributed by atoms with Crippen molar-refractivity contribution in [3.05, 3.63) is 53.3 Å². The zero-order valence-corrected chi connectivity index (χ0v) is 11.4. The fraction of sp³-hybridized carbons (Fsp3) is 0.250. The Morgan fingerprint density at radius 1 is 1.30 bits per heavy atom. The van der Waals surface area contributed by atoms with Crippen molar-refractivity contribution < 1.29 is 9.13 Å². The van der Waals surface area contributed by atoms with Crippen LogP contribution in [0.2, 0.25) is 0 Å². The van der Waals surface area contributed by atoms with E-state index in [2.05, 4.69) is 4.90 Å². The Morgan fingerprint density at radius 3 is 2.95 bits per heavy atom. The summed E-state index contributed by atoms with van der Waals surface area (Å²) >= 11 is 0. The SMILES string of the molecule is COc1cccc(CN2CCc3ccc(N)cc32)c1F. The summed E-state index contributed by atoms with van der Waals surface area (Å²) in [6.45, 7) is 1.41. The Morgan fingerprint density at radius 2 is 2.15 bits per heavy atom. The van der Waals surface area contributed by atoms with Crippen LogP contribution in [0.4, 0.5) is 15.8 Å². The van der Waals surface area contributed by atoms with Gasteiger partial charge in [0, 0.05) is 30.0 Å². The molecule has 2 aromatic carbocycles. The van der Waals surface area contributed by atoms with E-state index in [4.69, 9.17) is 10.5 Å². The van der Waals surface area contributed by atoms with Crippen molar-refractivity contribution in [1.29, 1.82) is 0 Å². The number of halogens is 1. The standard InChI is InChI=1S/C16H17FN2O/c1-20-15-4-2-3-12(16(15)17)10-19-8-7-11-5-6-13(18)9-14(11)19/h2-6,9H,7-8,10,18H2,1H3. The van der Waals surface area contributed by atoms with Crippen LogP contribution in [0.25, 0.3) is 0 Å². The van der Waals surface area contributed by atoms with Crippen LogP contribution in [0.1, 0.15) is 11.1 Å². The van der Waals surface area contributed by atoms with Crippen molar-refractivity contribution in [2.24, 2.45) is 0 Å². The molecule has 4 heteroatoms. The molecular weight excluding hydrogens is 255 g/mol. The molecule has 0 spiro atoms. The number of hydrogen-bond acceptors (Lipinski definition) is 3. The van der Waals surface area contributed by atoms with Crippen LogP contribution in [0.15, 0.2) is 36.4 Å². The van der Waals surface area contributed by atoms with Crippen LogP contribution in [0.3, 0.4) is 0 Å². The second-order valence-corrected chi connectivity index (χ2v) is 4.99. The van der Waals surface area contributed by atoms with Gasteiger partial charge in [0.2, 0.25) is 0 Å². The number of nitrogens with two attached hydrogens (primary N) is 1. The fourth-order valence-electron chi connectivity index (χ4n) is 2.67. The Balaban J connectivity index is 1.89. The molecule has 0 fully saturated rings. The predicted molar refractivity (Wildman–Crippen MR) is 78.6 cm³/mol. The number of methoxy groups -OCH3 is 1. The first-order valence-corrected chi connectivity index (χ1v) is 6.64. The molecule has 2 N–H and O–H groups in total. The monoisotopic (exact) mass is 272 g/mol. The van der Waals surface area contributed by atoms with Crippen molar-refractivity contribution in [1.82, 2.24) is 0 Å². The van der Waals surface area contributed by atoms with E-state index in [1.807, 2.05) is 24.3 Å². The molecule has 0 unspecified atom stereocenters. The molecule has 3 rings (SSSR count). The maximum Gasteiger partial charge on any atom is 0.170 e. The normalized spacial score (nSPS) is 13.4. The van der Waals surface area contributed by atoms with Crippen molar-refractivity contribution in [3.63, 3.8) is 0 Å². The Labute approximate surface area is 117 Å². The second kappa shape index (κ2) is 5.04. The zero-order valence-electron chi connectivity index (χ0n) is 11.4. The first kappa shape index (κ1) is 12.8. The minimum atomic E-state index is -0.285. The number of anilines is 2. The lowest BCUT2D eigenvalue weighted by Gasteiger charge is -2.20. The zero-order chi connectivity index (χ0) is 14.1. The molecule has 0 saturated carbocycles. The van der Waals surface area contributed by atoms with Gasteiger partial charge in [-0.3, -0.25) is 0 Å². The van der Waals surface area contributed by atoms with Crippen molar-refractivity contribution in [2.75, 3.05) is 24.3 Å². The van der Waals surface area contributed by atoms with Gasteiger partial charge in [-0.1, -0.05) is 18.2 Å². The number of ether oxygens (including phenoxy) is 1. The maximum absolute atomic E-state index is 14.2. The van der Waals surface area contributed by atoms with Crippen molar-refractivity contribution in [2.45, 2.75) is 13.0 Å². The molecule has 0 amide bonds. The number of hydrogen-bond donors (Lipinski definition) is 1. The largest absolute Gasteiger partial charge is 0.494 e. The highest BCUT2D eigenvalue weighted by molar-refractivity contribution is 5.64. The van der Waals surface area contributed by atoms with E-state index >= 15 is 0 Å². The third kappa shape index (κ3) is 2.18. The number of nitrogen functional groups attached to an aromatic ring is 1. The third-order valence-electron chi connectivity index (χ3n) is 3.73. The average Bonchev–Trinajstić information content (AvgIpc) is 2.83. The summed E-state index contributed by atoms with van der Waals surface area (Å²) in [5.41, 5.74) is 9.59. The van der Waals surface area contributed by atoms with E-state index in [0.29, 0.717) is 12.1 Å². The molecule has 3 nitrogen and oxygen atoms in total. The Kier molecular flexibility index (Phi) is 3.22. The van der Waals surface area contributed by atoms with Gasteiger partial charge < -0.3 is 15.4 Å². The number of nitrogens with zero attached hydrogens (tertiary/aromatic N) is 1. The van der Waals surface area contributed by atoms with Gasteiger partial charge in [-0.25, -0.2) is 4.39 Å². The summed E-state index contributed by atoms with van der Waals surface area (Å²) in [4.78, 5) is 2.16. The molecule has 1 aliphatic heterocycles. The highest BCUT2D eigenvalue weighted by Gasteiger charge is 2.21. The van der Waals surface area contributed by atoms with Crippen LogP contribution in [0.5, 0.6) is 5.75 Å². The van der Waals surface area contributed by atoms with E-state index in [-0.39, 0.29) is 11.6 Å². The van der Waals surface area contributed by atoms with Crippen molar-refractivity contribution >= 4 is 11.4 Å². The summed E-state index contributed by atoms with van der Waals surface area (Å²) in [7, 11) is 1.48. The lowest BCUT2D eigenvalue weighted by atomic mass is 10.1. The Hall–Kier alpha value is -2.23. The lowest BCUT2D eigenvalue weighted by Crippen LogP contribution is -2.20. The summed E-state index contributed by atoms with van der Waals surface area (Å²) in [6, 6.07) is 11.2. The predicted octanol–water partition coefficient (Wildman–Crippen LogP) is 2.98. The molecule has 1 aliphatic rings. The van der Waals surface area contributed by atoms with Gasteiger partial charge in [0.05, 0.1) is 7.11 Å². The number of rotatable bonds is 3. The molecular formula is C16H17FN2O. The third-order valence-corrected chi connectivity index (χ3v) is 3.73. The molecule has 0 bridgehead atoms. The minimum Gasteiger partial charge on any atom is -0.494 e. The minimum absolute atomic E-state index is 0.285. The fourth-order valence-corrected chi connectivity index (χ4v) is 2.67. The van der Waals surface area contributed by atoms with Gasteiger partial charge in [-0.05, 0) is 30.2 Å². The van der Waals surface area contributed by atoms with Gasteiger partial charge >= 0.3 is 0 Å². The first-order chi connectivity index (χ1) is 9.69. The highest BCUT2D eigenvalue weighted by Crippen LogP contribution is 2.32. The maximum atomic E-state index is 14.2. The molecule has 0 atom stereocenters. The van der Waals surface area contributed by atoms with E-state index in [1.165, 1.54) is 12.7 Å². The molecule has 0 aromatic heterocycles. The molecule has 1 heterocycles. The number of benzene rings is 2. The molecule has 0 aliphatic carbocycles. The van der Waals surface area contributed by atoms with Crippen molar-refractivity contribution in [3.8, 4) is 5.75 Å². The van der Waals surface area contributed by atoms with E-state index in [0.717, 1.165) is 24.3 Å². The van der Waals surface area contributed by atoms with Gasteiger partial charge in [-0.15, -0.1) is 0 Å². The molecule has 2 aromatic rings. The van der Waals surface area contributed by atoms with Gasteiger partial charge in [0.25, 0.3) is 0 Å². The molecule has 20 heavy (non-hydrogen) atoms. The smallest absolute Gasteiger partial charge is 0.170 e. The summed E-state index contributed by atoms with van der Waals surface area (Å²) in [5, 5.41) is 0. The average molecular weight is 272 g/mol. The van der Waals surface area contributed by atoms with Crippen LogP contribution >= 0.6 is 0 Å². The summed E-state index contributed by atoms with van der Waals surface area (Å²) in [6.07, 6.45) is 0.973. The van der Waals surface area contributed by atoms with Gasteiger partial charge in [0.15, 0.2) is 11.6 Å². The first-order valence-electron chi connectivity index (χ1n) is 6.64. The van der Waals surface area contributed by atoms with Gasteiger partial charge in [0.1, 0.15) is 0 Å². The molecule has 0 radical (unpaired) electrons. The topological polar surface area (TPSA) is 38.5 Å². The summed E-state index contributed by atoms with van der Waals surface area (Å²) < 4.78 is 19.2. The van der Waals surface area contributed by atoms with E-state index in [1.54, 1.807) is 12.1 Å². The lowest BCUT2D eigenvalue weighted by molar-refractivity contribution is 0.384. The van der Waals surface area contributed by atoms with E-state index in [9.17, 15) is 4.39 Å². The summed E-state index contributed by atoms with van der Waals surface area (Å²) in [5.74, 6) is 0.00171. The van der Waals surface area contributed by atoms with Crippen LogP contribution in [0, 0.1) is 5.82 Å². The molecule has 104 valence electrons. The highest BCUT2D eigenvalue weighted by atomic mass is 19.1. The quantitative estimate of drug-likeness (QED) is 0.873. The number of fused-ring (bicyclic) bond motifs is 1. The second-order valence-electron chi connectivity index (χ2n) is 4.99. The van der Waals surface area contributed by atoms with Crippen LogP contribution < -0.4 is 15.4 Å². The van der Waals surface area contributed by atoms with Crippen LogP contribution in [-0.2, 0) is 13.0 Å². The van der Waals surface area contributed by atoms with Crippen LogP contribution in [-0.4, -0.2) is 13.7 Å². The molecule has 0 saturated heterocycles. The van der Waals surface area contributed by atoms with Gasteiger partial charge in [-0.2, -0.15) is 0 Å². The van der Waals surface area contributed by atoms with E-state index < -0.39 is 0 Å². The Bertz CT molecular complexity index is 642.